The molecule has 1 rings (SSSR count). The summed E-state index contributed by atoms with van der Waals surface area (Å²) in [6, 6.07) is 3.10. The van der Waals surface area contributed by atoms with Gasteiger partial charge in [-0.1, -0.05) is 0 Å². The molecular weight excluding hydrogens is 292 g/mol. The Morgan fingerprint density at radius 2 is 2.05 bits per heavy atom. The number of Topliss-reactive ketones (excluding diaryl/α,β-unsaturated/α-hetero) is 1. The molecule has 0 heterocycles. The van der Waals surface area contributed by atoms with Gasteiger partial charge in [0.15, 0.2) is 5.78 Å². The van der Waals surface area contributed by atoms with Gasteiger partial charge >= 0.3 is 0 Å². The number of non-ortho nitro benzene ring substituents is 1. The van der Waals surface area contributed by atoms with Gasteiger partial charge < -0.3 is 15.5 Å². The summed E-state index contributed by atoms with van der Waals surface area (Å²) in [6.45, 7) is 3.46. The summed E-state index contributed by atoms with van der Waals surface area (Å²) >= 11 is 0. The Morgan fingerprint density at radius 1 is 1.41 bits per heavy atom. The van der Waals surface area contributed by atoms with Crippen molar-refractivity contribution in [3.05, 3.63) is 33.9 Å². The van der Waals surface area contributed by atoms with Crippen molar-refractivity contribution < 1.29 is 24.7 Å². The number of phenolic OH excluding ortho intramolecular Hbond substituents is 1. The van der Waals surface area contributed by atoms with Crippen LogP contribution in [0, 0.1) is 16.0 Å². The summed E-state index contributed by atoms with van der Waals surface area (Å²) in [7, 11) is 0. The van der Waals surface area contributed by atoms with Crippen molar-refractivity contribution in [3.63, 3.8) is 0 Å². The van der Waals surface area contributed by atoms with E-state index in [0.29, 0.717) is 6.54 Å². The monoisotopic (exact) mass is 310 g/mol. The molecule has 0 radical (unpaired) electrons. The summed E-state index contributed by atoms with van der Waals surface area (Å²) < 4.78 is 0. The fourth-order valence-electron chi connectivity index (χ4n) is 1.97. The number of aromatic hydroxyl groups is 1. The Bertz CT molecular complexity index is 585. The average Bonchev–Trinajstić information content (AvgIpc) is 2.43. The van der Waals surface area contributed by atoms with Crippen LogP contribution < -0.4 is 5.32 Å². The number of benzene rings is 1. The molecule has 2 atom stereocenters. The van der Waals surface area contributed by atoms with Crippen molar-refractivity contribution >= 4 is 17.4 Å². The van der Waals surface area contributed by atoms with E-state index in [4.69, 9.17) is 0 Å². The molecule has 0 saturated carbocycles. The van der Waals surface area contributed by atoms with Gasteiger partial charge in [0.1, 0.15) is 5.75 Å². The first-order valence-corrected chi connectivity index (χ1v) is 6.74. The molecule has 22 heavy (non-hydrogen) atoms. The van der Waals surface area contributed by atoms with Crippen LogP contribution >= 0.6 is 0 Å². The van der Waals surface area contributed by atoms with E-state index in [9.17, 15) is 29.9 Å². The topological polar surface area (TPSA) is 130 Å². The zero-order valence-corrected chi connectivity index (χ0v) is 12.3. The maximum Gasteiger partial charge on any atom is 0.273 e. The first-order chi connectivity index (χ1) is 10.3. The van der Waals surface area contributed by atoms with Crippen LogP contribution in [0.1, 0.15) is 30.6 Å². The number of carbonyl (C=O) groups excluding carboxylic acids is 2. The number of nitro groups is 1. The van der Waals surface area contributed by atoms with E-state index in [1.165, 1.54) is 6.92 Å². The van der Waals surface area contributed by atoms with Crippen molar-refractivity contribution in [3.8, 4) is 5.75 Å². The molecule has 1 aromatic carbocycles. The zero-order chi connectivity index (χ0) is 16.9. The molecule has 3 N–H and O–H groups in total. The number of rotatable bonds is 7. The SMILES string of the molecule is CCNC(=O)[C@@H](CC(=O)c1ccc([N+](=O)[O-])cc1O)[C@@H](C)O. The number of aliphatic hydroxyl groups excluding tert-OH is 1. The van der Waals surface area contributed by atoms with Gasteiger partial charge in [0.05, 0.1) is 28.6 Å². The molecule has 0 bridgehead atoms. The maximum atomic E-state index is 12.1. The quantitative estimate of drug-likeness (QED) is 0.391. The Morgan fingerprint density at radius 3 is 2.50 bits per heavy atom. The van der Waals surface area contributed by atoms with Crippen molar-refractivity contribution in [1.82, 2.24) is 5.32 Å². The van der Waals surface area contributed by atoms with Crippen LogP contribution in [0.25, 0.3) is 0 Å². The predicted molar refractivity (Wildman–Crippen MR) is 77.6 cm³/mol. The number of phenols is 1. The van der Waals surface area contributed by atoms with Gasteiger partial charge in [-0.2, -0.15) is 0 Å². The van der Waals surface area contributed by atoms with Gasteiger partial charge in [-0.25, -0.2) is 0 Å². The van der Waals surface area contributed by atoms with Crippen LogP contribution in [0.4, 0.5) is 5.69 Å². The number of carbonyl (C=O) groups is 2. The number of nitrogens with one attached hydrogen (secondary N) is 1. The molecule has 0 aromatic heterocycles. The van der Waals surface area contributed by atoms with E-state index < -0.39 is 34.4 Å². The van der Waals surface area contributed by atoms with E-state index >= 15 is 0 Å². The highest BCUT2D eigenvalue weighted by molar-refractivity contribution is 6.01. The minimum Gasteiger partial charge on any atom is -0.507 e. The Hall–Kier alpha value is -2.48. The number of amides is 1. The molecule has 0 unspecified atom stereocenters. The first kappa shape index (κ1) is 17.6. The molecule has 0 aliphatic heterocycles. The van der Waals surface area contributed by atoms with Crippen molar-refractivity contribution in [2.75, 3.05) is 6.54 Å². The van der Waals surface area contributed by atoms with Crippen LogP contribution in [-0.4, -0.2) is 39.5 Å². The Balaban J connectivity index is 2.95. The number of ketones is 1. The highest BCUT2D eigenvalue weighted by atomic mass is 16.6. The van der Waals surface area contributed by atoms with Crippen LogP contribution in [0.5, 0.6) is 5.75 Å². The molecule has 0 saturated heterocycles. The van der Waals surface area contributed by atoms with Crippen molar-refractivity contribution in [1.29, 1.82) is 0 Å². The fourth-order valence-corrected chi connectivity index (χ4v) is 1.97. The van der Waals surface area contributed by atoms with Crippen LogP contribution in [0.3, 0.4) is 0 Å². The standard InChI is InChI=1S/C14H18N2O6/c1-3-15-14(20)11(8(2)17)7-13(19)10-5-4-9(16(21)22)6-12(10)18/h4-6,8,11,17-18H,3,7H2,1-2H3,(H,15,20)/t8-,11+/m1/s1. The molecule has 1 aromatic rings. The number of nitro benzene ring substituents is 1. The lowest BCUT2D eigenvalue weighted by atomic mass is 9.93. The summed E-state index contributed by atoms with van der Waals surface area (Å²) in [5.41, 5.74) is -0.467. The van der Waals surface area contributed by atoms with Crippen LogP contribution in [-0.2, 0) is 4.79 Å². The fraction of sp³-hybridized carbons (Fsp3) is 0.429. The molecule has 0 aliphatic carbocycles. The van der Waals surface area contributed by atoms with Gasteiger partial charge in [-0.3, -0.25) is 19.7 Å². The molecular formula is C14H18N2O6. The summed E-state index contributed by atoms with van der Waals surface area (Å²) in [5, 5.41) is 32.4. The normalized spacial score (nSPS) is 13.2. The number of hydrogen-bond donors (Lipinski definition) is 3. The number of hydrogen-bond acceptors (Lipinski definition) is 6. The lowest BCUT2D eigenvalue weighted by Crippen LogP contribution is -2.37. The van der Waals surface area contributed by atoms with Gasteiger partial charge in [-0.15, -0.1) is 0 Å². The molecule has 8 nitrogen and oxygen atoms in total. The van der Waals surface area contributed by atoms with E-state index in [2.05, 4.69) is 5.32 Å². The third kappa shape index (κ3) is 4.26. The van der Waals surface area contributed by atoms with E-state index in [1.807, 2.05) is 0 Å². The lowest BCUT2D eigenvalue weighted by Gasteiger charge is -2.18. The van der Waals surface area contributed by atoms with Crippen LogP contribution in [0.2, 0.25) is 0 Å². The molecule has 8 heteroatoms. The van der Waals surface area contributed by atoms with E-state index in [1.54, 1.807) is 6.92 Å². The minimum atomic E-state index is -1.05. The van der Waals surface area contributed by atoms with E-state index in [-0.39, 0.29) is 17.7 Å². The van der Waals surface area contributed by atoms with Crippen LogP contribution in [0.15, 0.2) is 18.2 Å². The Kier molecular flexibility index (Phi) is 6.00. The molecule has 120 valence electrons. The van der Waals surface area contributed by atoms with Crippen molar-refractivity contribution in [2.45, 2.75) is 26.4 Å². The number of aliphatic hydroxyl groups is 1. The molecule has 0 spiro atoms. The third-order valence-corrected chi connectivity index (χ3v) is 3.17. The van der Waals surface area contributed by atoms with E-state index in [0.717, 1.165) is 18.2 Å². The summed E-state index contributed by atoms with van der Waals surface area (Å²) in [6.07, 6.45) is -1.36. The summed E-state index contributed by atoms with van der Waals surface area (Å²) in [4.78, 5) is 33.8. The second-order valence-corrected chi connectivity index (χ2v) is 4.83. The van der Waals surface area contributed by atoms with Gasteiger partial charge in [-0.05, 0) is 19.9 Å². The zero-order valence-electron chi connectivity index (χ0n) is 12.3. The largest absolute Gasteiger partial charge is 0.507 e. The first-order valence-electron chi connectivity index (χ1n) is 6.74. The smallest absolute Gasteiger partial charge is 0.273 e. The highest BCUT2D eigenvalue weighted by Crippen LogP contribution is 2.26. The Labute approximate surface area is 126 Å². The second-order valence-electron chi connectivity index (χ2n) is 4.83. The van der Waals surface area contributed by atoms with Gasteiger partial charge in [0.2, 0.25) is 5.91 Å². The van der Waals surface area contributed by atoms with Gasteiger partial charge in [0.25, 0.3) is 5.69 Å². The summed E-state index contributed by atoms with van der Waals surface area (Å²) in [5.74, 6) is -2.53. The average molecular weight is 310 g/mol. The number of nitrogens with zero attached hydrogens (tertiary/aromatic N) is 1. The van der Waals surface area contributed by atoms with Crippen molar-refractivity contribution in [2.24, 2.45) is 5.92 Å². The lowest BCUT2D eigenvalue weighted by molar-refractivity contribution is -0.384. The maximum absolute atomic E-state index is 12.1. The molecule has 0 fully saturated rings. The highest BCUT2D eigenvalue weighted by Gasteiger charge is 2.28. The predicted octanol–water partition coefficient (Wildman–Crippen LogP) is 1.01. The molecule has 0 aliphatic rings. The van der Waals surface area contributed by atoms with Gasteiger partial charge in [0, 0.05) is 19.0 Å². The second kappa shape index (κ2) is 7.51. The third-order valence-electron chi connectivity index (χ3n) is 3.17. The molecule has 1 amide bonds. The minimum absolute atomic E-state index is 0.124.